The Balaban J connectivity index is 1.62. The predicted molar refractivity (Wildman–Crippen MR) is 122 cm³/mol. The van der Waals surface area contributed by atoms with Crippen LogP contribution in [-0.4, -0.2) is 38.5 Å². The second kappa shape index (κ2) is 10.8. The standard InChI is InChI=1S/C25H32N2O4/c1-5-17(2)31-22-12-9-18(15-23(22)29-3)13-14-26-25(28)24(27-30-4)21-11-10-19-7-6-8-20(19)16-21/h9-12,15-17H,5-8,13-14H2,1-4H3,(H,26,28)/b27-24-. The predicted octanol–water partition coefficient (Wildman–Crippen LogP) is 4.07. The first kappa shape index (κ1) is 22.7. The molecule has 1 aliphatic rings. The molecule has 2 aromatic carbocycles. The smallest absolute Gasteiger partial charge is 0.273 e. The van der Waals surface area contributed by atoms with Gasteiger partial charge in [-0.1, -0.05) is 30.3 Å². The van der Waals surface area contributed by atoms with Crippen molar-refractivity contribution in [2.24, 2.45) is 5.16 Å². The summed E-state index contributed by atoms with van der Waals surface area (Å²) in [5.41, 5.74) is 4.79. The zero-order chi connectivity index (χ0) is 22.2. The van der Waals surface area contributed by atoms with Gasteiger partial charge in [0.25, 0.3) is 5.91 Å². The highest BCUT2D eigenvalue weighted by molar-refractivity contribution is 6.45. The molecule has 2 aromatic rings. The first-order chi connectivity index (χ1) is 15.0. The molecule has 1 amide bonds. The fourth-order valence-electron chi connectivity index (χ4n) is 3.70. The molecule has 0 spiro atoms. The van der Waals surface area contributed by atoms with Gasteiger partial charge in [0, 0.05) is 12.1 Å². The quantitative estimate of drug-likeness (QED) is 0.461. The molecule has 0 heterocycles. The van der Waals surface area contributed by atoms with Gasteiger partial charge in [-0.05, 0) is 73.9 Å². The lowest BCUT2D eigenvalue weighted by atomic mass is 10.0. The number of carbonyl (C=O) groups excluding carboxylic acids is 1. The van der Waals surface area contributed by atoms with Crippen molar-refractivity contribution in [2.75, 3.05) is 20.8 Å². The molecular formula is C25H32N2O4. The van der Waals surface area contributed by atoms with Crippen LogP contribution in [0.5, 0.6) is 11.5 Å². The maximum absolute atomic E-state index is 12.8. The van der Waals surface area contributed by atoms with E-state index in [1.807, 2.05) is 31.2 Å². The summed E-state index contributed by atoms with van der Waals surface area (Å²) in [6.07, 6.45) is 5.01. The monoisotopic (exact) mass is 424 g/mol. The van der Waals surface area contributed by atoms with E-state index in [4.69, 9.17) is 14.3 Å². The van der Waals surface area contributed by atoms with E-state index in [9.17, 15) is 4.79 Å². The minimum atomic E-state index is -0.247. The summed E-state index contributed by atoms with van der Waals surface area (Å²) in [4.78, 5) is 17.7. The van der Waals surface area contributed by atoms with E-state index in [1.54, 1.807) is 7.11 Å². The highest BCUT2D eigenvalue weighted by Gasteiger charge is 2.18. The highest BCUT2D eigenvalue weighted by Crippen LogP contribution is 2.29. The van der Waals surface area contributed by atoms with Crippen molar-refractivity contribution in [1.29, 1.82) is 0 Å². The lowest BCUT2D eigenvalue weighted by Gasteiger charge is -2.16. The number of ether oxygens (including phenoxy) is 2. The van der Waals surface area contributed by atoms with Crippen LogP contribution in [0.1, 0.15) is 48.9 Å². The maximum Gasteiger partial charge on any atom is 0.273 e. The van der Waals surface area contributed by atoms with E-state index in [2.05, 4.69) is 29.5 Å². The Hall–Kier alpha value is -3.02. The van der Waals surface area contributed by atoms with E-state index in [0.29, 0.717) is 24.4 Å². The molecule has 3 rings (SSSR count). The van der Waals surface area contributed by atoms with E-state index in [-0.39, 0.29) is 12.0 Å². The van der Waals surface area contributed by atoms with Crippen LogP contribution in [0.15, 0.2) is 41.6 Å². The Morgan fingerprint density at radius 3 is 2.65 bits per heavy atom. The summed E-state index contributed by atoms with van der Waals surface area (Å²) in [5.74, 6) is 1.18. The lowest BCUT2D eigenvalue weighted by Crippen LogP contribution is -2.33. The number of benzene rings is 2. The fraction of sp³-hybridized carbons (Fsp3) is 0.440. The van der Waals surface area contributed by atoms with Gasteiger partial charge in [-0.3, -0.25) is 4.79 Å². The molecule has 0 fully saturated rings. The van der Waals surface area contributed by atoms with Crippen LogP contribution in [0.4, 0.5) is 0 Å². The minimum Gasteiger partial charge on any atom is -0.493 e. The van der Waals surface area contributed by atoms with Gasteiger partial charge in [-0.25, -0.2) is 0 Å². The first-order valence-corrected chi connectivity index (χ1v) is 10.9. The Labute approximate surface area is 184 Å². The van der Waals surface area contributed by atoms with Crippen molar-refractivity contribution in [1.82, 2.24) is 5.32 Å². The number of amides is 1. The van der Waals surface area contributed by atoms with Crippen LogP contribution in [0, 0.1) is 0 Å². The molecule has 0 aliphatic heterocycles. The first-order valence-electron chi connectivity index (χ1n) is 10.9. The minimum absolute atomic E-state index is 0.122. The molecule has 1 atom stereocenters. The number of fused-ring (bicyclic) bond motifs is 1. The van der Waals surface area contributed by atoms with E-state index in [1.165, 1.54) is 18.2 Å². The second-order valence-corrected chi connectivity index (χ2v) is 7.79. The van der Waals surface area contributed by atoms with Gasteiger partial charge >= 0.3 is 0 Å². The maximum atomic E-state index is 12.8. The summed E-state index contributed by atoms with van der Waals surface area (Å²) < 4.78 is 11.4. The third kappa shape index (κ3) is 5.78. The lowest BCUT2D eigenvalue weighted by molar-refractivity contribution is -0.114. The van der Waals surface area contributed by atoms with Gasteiger partial charge < -0.3 is 19.6 Å². The van der Waals surface area contributed by atoms with Crippen LogP contribution in [0.3, 0.4) is 0 Å². The molecular weight excluding hydrogens is 392 g/mol. The van der Waals surface area contributed by atoms with Crippen LogP contribution >= 0.6 is 0 Å². The second-order valence-electron chi connectivity index (χ2n) is 7.79. The zero-order valence-electron chi connectivity index (χ0n) is 18.9. The van der Waals surface area contributed by atoms with Crippen molar-refractivity contribution in [3.05, 3.63) is 58.7 Å². The number of aryl methyl sites for hydroxylation is 2. The SMILES string of the molecule is CCC(C)Oc1ccc(CCNC(=O)/C(=N\OC)c2ccc3c(c2)CCC3)cc1OC. The van der Waals surface area contributed by atoms with Gasteiger partial charge in [0.1, 0.15) is 7.11 Å². The average Bonchev–Trinajstić information content (AvgIpc) is 3.26. The van der Waals surface area contributed by atoms with Gasteiger partial charge in [-0.15, -0.1) is 0 Å². The molecule has 0 saturated carbocycles. The topological polar surface area (TPSA) is 69.2 Å². The molecule has 31 heavy (non-hydrogen) atoms. The third-order valence-electron chi connectivity index (χ3n) is 5.60. The third-order valence-corrected chi connectivity index (χ3v) is 5.60. The van der Waals surface area contributed by atoms with Crippen LogP contribution in [0.25, 0.3) is 0 Å². The molecule has 6 nitrogen and oxygen atoms in total. The summed E-state index contributed by atoms with van der Waals surface area (Å²) in [5, 5.41) is 6.94. The van der Waals surface area contributed by atoms with E-state index in [0.717, 1.165) is 42.6 Å². The van der Waals surface area contributed by atoms with Crippen LogP contribution in [-0.2, 0) is 28.9 Å². The van der Waals surface area contributed by atoms with E-state index >= 15 is 0 Å². The molecule has 1 unspecified atom stereocenters. The molecule has 0 aromatic heterocycles. The largest absolute Gasteiger partial charge is 0.493 e. The molecule has 6 heteroatoms. The zero-order valence-corrected chi connectivity index (χ0v) is 18.9. The van der Waals surface area contributed by atoms with Crippen molar-refractivity contribution in [2.45, 2.75) is 52.1 Å². The number of hydrogen-bond donors (Lipinski definition) is 1. The van der Waals surface area contributed by atoms with Crippen LogP contribution < -0.4 is 14.8 Å². The number of rotatable bonds is 10. The molecule has 0 bridgehead atoms. The van der Waals surface area contributed by atoms with Crippen molar-refractivity contribution in [3.63, 3.8) is 0 Å². The van der Waals surface area contributed by atoms with E-state index < -0.39 is 0 Å². The summed E-state index contributed by atoms with van der Waals surface area (Å²) in [6, 6.07) is 12.0. The number of carbonyl (C=O) groups is 1. The normalized spacial score (nSPS) is 14.0. The van der Waals surface area contributed by atoms with Crippen molar-refractivity contribution in [3.8, 4) is 11.5 Å². The Morgan fingerprint density at radius 2 is 1.90 bits per heavy atom. The Kier molecular flexibility index (Phi) is 7.93. The van der Waals surface area contributed by atoms with Gasteiger partial charge in [0.05, 0.1) is 13.2 Å². The summed E-state index contributed by atoms with van der Waals surface area (Å²) in [6.45, 7) is 4.59. The van der Waals surface area contributed by atoms with Gasteiger partial charge in [-0.2, -0.15) is 0 Å². The van der Waals surface area contributed by atoms with Gasteiger partial charge in [0.2, 0.25) is 0 Å². The fourth-order valence-corrected chi connectivity index (χ4v) is 3.70. The number of methoxy groups -OCH3 is 1. The molecule has 1 N–H and O–H groups in total. The summed E-state index contributed by atoms with van der Waals surface area (Å²) in [7, 11) is 3.09. The molecule has 0 radical (unpaired) electrons. The average molecular weight is 425 g/mol. The van der Waals surface area contributed by atoms with Crippen molar-refractivity contribution < 1.29 is 19.1 Å². The van der Waals surface area contributed by atoms with Crippen LogP contribution in [0.2, 0.25) is 0 Å². The highest BCUT2D eigenvalue weighted by atomic mass is 16.6. The Morgan fingerprint density at radius 1 is 1.10 bits per heavy atom. The summed E-state index contributed by atoms with van der Waals surface area (Å²) >= 11 is 0. The van der Waals surface area contributed by atoms with Gasteiger partial charge in [0.15, 0.2) is 17.2 Å². The number of nitrogens with one attached hydrogen (secondary N) is 1. The number of oxime groups is 1. The number of nitrogens with zero attached hydrogens (tertiary/aromatic N) is 1. The molecule has 1 aliphatic carbocycles. The Bertz CT molecular complexity index is 939. The molecule has 166 valence electrons. The number of hydrogen-bond acceptors (Lipinski definition) is 5. The van der Waals surface area contributed by atoms with Crippen molar-refractivity contribution >= 4 is 11.6 Å². The molecule has 0 saturated heterocycles.